The number of likely N-dealkylation sites (tertiary alicyclic amines) is 1. The van der Waals surface area contributed by atoms with Crippen LogP contribution in [0.15, 0.2) is 30.3 Å². The van der Waals surface area contributed by atoms with Crippen LogP contribution in [0.5, 0.6) is 0 Å². The molecule has 1 aromatic carbocycles. The highest BCUT2D eigenvalue weighted by Gasteiger charge is 2.55. The molecule has 0 unspecified atom stereocenters. The lowest BCUT2D eigenvalue weighted by molar-refractivity contribution is -0.0960. The van der Waals surface area contributed by atoms with Crippen molar-refractivity contribution in [2.45, 2.75) is 51.9 Å². The smallest absolute Gasteiger partial charge is 0.410 e. The van der Waals surface area contributed by atoms with E-state index >= 15 is 0 Å². The van der Waals surface area contributed by atoms with Gasteiger partial charge in [-0.05, 0) is 39.2 Å². The molecule has 2 fully saturated rings. The summed E-state index contributed by atoms with van der Waals surface area (Å²) in [5, 5.41) is 0. The van der Waals surface area contributed by atoms with Crippen molar-refractivity contribution in [3.05, 3.63) is 35.9 Å². The Labute approximate surface area is 159 Å². The Morgan fingerprint density at radius 3 is 2.50 bits per heavy atom. The fourth-order valence-corrected chi connectivity index (χ4v) is 3.54. The standard InChI is InChI=1S/C20H28N2O4/c1-19(2,3)26-17(23)21(4)16-10-20(11-16)13-22(14-20)18(24)25-12-15-8-6-5-7-9-15/h5-9,16H,10-14H2,1-4H3/i4D3. The fraction of sp³-hybridized carbons (Fsp3) is 0.600. The summed E-state index contributed by atoms with van der Waals surface area (Å²) in [6.45, 7) is 3.80. The summed E-state index contributed by atoms with van der Waals surface area (Å²) in [5.74, 6) is 0. The molecule has 1 spiro atoms. The van der Waals surface area contributed by atoms with Crippen molar-refractivity contribution in [3.63, 3.8) is 0 Å². The summed E-state index contributed by atoms with van der Waals surface area (Å²) in [7, 11) is 0. The van der Waals surface area contributed by atoms with Crippen LogP contribution >= 0.6 is 0 Å². The zero-order valence-corrected chi connectivity index (χ0v) is 15.5. The van der Waals surface area contributed by atoms with Gasteiger partial charge in [-0.3, -0.25) is 0 Å². The molecule has 0 aromatic heterocycles. The molecule has 0 atom stereocenters. The van der Waals surface area contributed by atoms with Gasteiger partial charge in [-0.25, -0.2) is 9.59 Å². The Morgan fingerprint density at radius 2 is 1.92 bits per heavy atom. The van der Waals surface area contributed by atoms with Crippen molar-refractivity contribution in [2.75, 3.05) is 20.1 Å². The summed E-state index contributed by atoms with van der Waals surface area (Å²) in [6.07, 6.45) is -0.126. The van der Waals surface area contributed by atoms with Gasteiger partial charge < -0.3 is 19.3 Å². The zero-order chi connectivity index (χ0) is 21.4. The number of ether oxygens (including phenoxy) is 2. The third-order valence-corrected chi connectivity index (χ3v) is 4.81. The first-order chi connectivity index (χ1) is 13.4. The molecule has 26 heavy (non-hydrogen) atoms. The molecule has 142 valence electrons. The third kappa shape index (κ3) is 4.11. The zero-order valence-electron chi connectivity index (χ0n) is 18.5. The maximum absolute atomic E-state index is 12.4. The first-order valence-electron chi connectivity index (χ1n) is 10.4. The Balaban J connectivity index is 1.49. The lowest BCUT2D eigenvalue weighted by atomic mass is 9.60. The van der Waals surface area contributed by atoms with Crippen LogP contribution in [0.1, 0.15) is 43.3 Å². The maximum atomic E-state index is 12.4. The minimum atomic E-state index is -2.56. The molecular weight excluding hydrogens is 332 g/mol. The van der Waals surface area contributed by atoms with Gasteiger partial charge in [-0.2, -0.15) is 0 Å². The molecule has 1 aromatic rings. The molecule has 2 aliphatic rings. The predicted molar refractivity (Wildman–Crippen MR) is 97.7 cm³/mol. The van der Waals surface area contributed by atoms with Gasteiger partial charge in [0.15, 0.2) is 0 Å². The van der Waals surface area contributed by atoms with Crippen molar-refractivity contribution in [2.24, 2.45) is 5.41 Å². The molecule has 0 N–H and O–H groups in total. The van der Waals surface area contributed by atoms with Crippen LogP contribution in [0.4, 0.5) is 9.59 Å². The average molecular weight is 363 g/mol. The average Bonchev–Trinajstić information content (AvgIpc) is 2.51. The fourth-order valence-electron chi connectivity index (χ4n) is 3.54. The molecular formula is C20H28N2O4. The van der Waals surface area contributed by atoms with E-state index in [2.05, 4.69) is 0 Å². The van der Waals surface area contributed by atoms with Gasteiger partial charge in [0.25, 0.3) is 0 Å². The van der Waals surface area contributed by atoms with Gasteiger partial charge in [0.2, 0.25) is 0 Å². The first-order valence-corrected chi connectivity index (χ1v) is 8.87. The summed E-state index contributed by atoms with van der Waals surface area (Å²) in [6, 6.07) is 9.04. The summed E-state index contributed by atoms with van der Waals surface area (Å²) in [5.41, 5.74) is 0.0187. The number of amides is 2. The molecule has 0 bridgehead atoms. The molecule has 1 aliphatic heterocycles. The molecule has 3 rings (SSSR count). The largest absolute Gasteiger partial charge is 0.445 e. The normalized spacial score (nSPS) is 20.9. The van der Waals surface area contributed by atoms with E-state index in [-0.39, 0.29) is 18.1 Å². The van der Waals surface area contributed by atoms with Gasteiger partial charge in [0.1, 0.15) is 12.2 Å². The van der Waals surface area contributed by atoms with E-state index in [1.54, 1.807) is 25.7 Å². The molecule has 1 saturated heterocycles. The van der Waals surface area contributed by atoms with E-state index in [4.69, 9.17) is 13.6 Å². The van der Waals surface area contributed by atoms with Crippen LogP contribution in [0.2, 0.25) is 0 Å². The lowest BCUT2D eigenvalue weighted by Crippen LogP contribution is -2.67. The maximum Gasteiger partial charge on any atom is 0.410 e. The second-order valence-electron chi connectivity index (χ2n) is 8.31. The van der Waals surface area contributed by atoms with E-state index in [0.717, 1.165) is 10.5 Å². The number of carbonyl (C=O) groups excluding carboxylic acids is 2. The van der Waals surface area contributed by atoms with E-state index in [1.165, 1.54) is 0 Å². The number of carbonyl (C=O) groups is 2. The van der Waals surface area contributed by atoms with Crippen LogP contribution in [0.3, 0.4) is 0 Å². The topological polar surface area (TPSA) is 59.1 Å². The third-order valence-electron chi connectivity index (χ3n) is 4.81. The Hall–Kier alpha value is -2.24. The van der Waals surface area contributed by atoms with Crippen LogP contribution in [0, 0.1) is 5.41 Å². The van der Waals surface area contributed by atoms with Gasteiger partial charge >= 0.3 is 12.2 Å². The van der Waals surface area contributed by atoms with Crippen LogP contribution in [0.25, 0.3) is 0 Å². The number of nitrogens with zero attached hydrogens (tertiary/aromatic N) is 2. The highest BCUT2D eigenvalue weighted by molar-refractivity contribution is 5.70. The van der Waals surface area contributed by atoms with Crippen LogP contribution in [-0.2, 0) is 16.1 Å². The Morgan fingerprint density at radius 1 is 1.27 bits per heavy atom. The van der Waals surface area contributed by atoms with E-state index in [9.17, 15) is 9.59 Å². The number of hydrogen-bond donors (Lipinski definition) is 0. The van der Waals surface area contributed by atoms with E-state index < -0.39 is 24.7 Å². The van der Waals surface area contributed by atoms with Gasteiger partial charge in [0.05, 0.1) is 0 Å². The molecule has 1 saturated carbocycles. The van der Waals surface area contributed by atoms with Gasteiger partial charge in [-0.1, -0.05) is 30.3 Å². The SMILES string of the molecule is [2H]C([2H])([2H])N(C(=O)OC(C)(C)C)C1CC2(C1)CN(C(=O)OCc1ccccc1)C2. The molecule has 6 heteroatoms. The van der Waals surface area contributed by atoms with E-state index in [0.29, 0.717) is 25.9 Å². The number of rotatable bonds is 3. The lowest BCUT2D eigenvalue weighted by Gasteiger charge is -2.59. The van der Waals surface area contributed by atoms with Crippen molar-refractivity contribution < 1.29 is 23.2 Å². The monoisotopic (exact) mass is 363 g/mol. The van der Waals surface area contributed by atoms with Crippen molar-refractivity contribution in [1.82, 2.24) is 9.80 Å². The molecule has 0 radical (unpaired) electrons. The van der Waals surface area contributed by atoms with Crippen molar-refractivity contribution in [1.29, 1.82) is 0 Å². The minimum absolute atomic E-state index is 0.137. The van der Waals surface area contributed by atoms with Crippen molar-refractivity contribution in [3.8, 4) is 0 Å². The number of benzene rings is 1. The molecule has 1 heterocycles. The second kappa shape index (κ2) is 6.82. The molecule has 1 aliphatic carbocycles. The highest BCUT2D eigenvalue weighted by atomic mass is 16.6. The van der Waals surface area contributed by atoms with Gasteiger partial charge in [0, 0.05) is 35.6 Å². The Bertz CT molecular complexity index is 747. The van der Waals surface area contributed by atoms with E-state index in [1.807, 2.05) is 30.3 Å². The first kappa shape index (κ1) is 14.9. The van der Waals surface area contributed by atoms with Gasteiger partial charge in [-0.15, -0.1) is 0 Å². The molecule has 2 amide bonds. The summed E-state index contributed by atoms with van der Waals surface area (Å²) < 4.78 is 33.8. The van der Waals surface area contributed by atoms with Crippen LogP contribution in [-0.4, -0.2) is 53.7 Å². The summed E-state index contributed by atoms with van der Waals surface area (Å²) in [4.78, 5) is 27.1. The van der Waals surface area contributed by atoms with Crippen LogP contribution < -0.4 is 0 Å². The summed E-state index contributed by atoms with van der Waals surface area (Å²) >= 11 is 0. The predicted octanol–water partition coefficient (Wildman–Crippen LogP) is 3.65. The molecule has 6 nitrogen and oxygen atoms in total. The van der Waals surface area contributed by atoms with Crippen molar-refractivity contribution >= 4 is 12.2 Å². The highest BCUT2D eigenvalue weighted by Crippen LogP contribution is 2.50. The Kier molecular flexibility index (Phi) is 3.90. The quantitative estimate of drug-likeness (QED) is 0.822. The number of hydrogen-bond acceptors (Lipinski definition) is 4. The minimum Gasteiger partial charge on any atom is -0.445 e. The second-order valence-corrected chi connectivity index (χ2v) is 8.31.